The van der Waals surface area contributed by atoms with Gasteiger partial charge in [0, 0.05) is 12.1 Å². The van der Waals surface area contributed by atoms with Gasteiger partial charge in [-0.15, -0.1) is 11.3 Å². The van der Waals surface area contributed by atoms with E-state index in [1.165, 1.54) is 30.4 Å². The molecule has 3 aromatic rings. The van der Waals surface area contributed by atoms with Crippen LogP contribution in [0, 0.1) is 11.6 Å². The van der Waals surface area contributed by atoms with Crippen LogP contribution in [0.3, 0.4) is 0 Å². The molecule has 0 saturated carbocycles. The first-order valence-electron chi connectivity index (χ1n) is 7.92. The van der Waals surface area contributed by atoms with Crippen molar-refractivity contribution >= 4 is 45.2 Å². The number of para-hydroxylation sites is 1. The number of anilines is 1. The molecule has 0 aliphatic rings. The van der Waals surface area contributed by atoms with Gasteiger partial charge in [0.15, 0.2) is 6.10 Å². The van der Waals surface area contributed by atoms with Gasteiger partial charge in [-0.2, -0.15) is 0 Å². The summed E-state index contributed by atoms with van der Waals surface area (Å²) in [4.78, 5) is 28.2. The third-order valence-electron chi connectivity index (χ3n) is 3.52. The van der Waals surface area contributed by atoms with E-state index < -0.39 is 29.6 Å². The Morgan fingerprint density at radius 2 is 2.00 bits per heavy atom. The molecule has 1 N–H and O–H groups in total. The summed E-state index contributed by atoms with van der Waals surface area (Å²) in [7, 11) is 0. The number of nitrogens with zero attached hydrogens (tertiary/aromatic N) is 1. The lowest BCUT2D eigenvalue weighted by atomic mass is 10.2. The number of rotatable bonds is 5. The highest BCUT2D eigenvalue weighted by atomic mass is 32.1. The van der Waals surface area contributed by atoms with E-state index in [0.29, 0.717) is 11.1 Å². The van der Waals surface area contributed by atoms with Crippen LogP contribution in [0.2, 0.25) is 0 Å². The van der Waals surface area contributed by atoms with E-state index in [2.05, 4.69) is 10.3 Å². The van der Waals surface area contributed by atoms with Crippen LogP contribution in [0.4, 0.5) is 14.5 Å². The highest BCUT2D eigenvalue weighted by Crippen LogP contribution is 2.22. The predicted octanol–water partition coefficient (Wildman–Crippen LogP) is 4.16. The highest BCUT2D eigenvalue weighted by molar-refractivity contribution is 7.19. The fourth-order valence-corrected chi connectivity index (χ4v) is 3.06. The number of carbonyl (C=O) groups is 2. The molecule has 0 saturated heterocycles. The summed E-state index contributed by atoms with van der Waals surface area (Å²) in [6.07, 6.45) is 1.50. The number of thiazole rings is 1. The molecule has 1 amide bonds. The number of aromatic nitrogens is 1. The van der Waals surface area contributed by atoms with E-state index >= 15 is 0 Å². The van der Waals surface area contributed by atoms with Gasteiger partial charge >= 0.3 is 5.97 Å². The van der Waals surface area contributed by atoms with Gasteiger partial charge in [0.05, 0.1) is 15.9 Å². The van der Waals surface area contributed by atoms with Crippen LogP contribution < -0.4 is 5.32 Å². The highest BCUT2D eigenvalue weighted by Gasteiger charge is 2.18. The number of ether oxygens (including phenoxy) is 1. The summed E-state index contributed by atoms with van der Waals surface area (Å²) in [6, 6.07) is 10.3. The van der Waals surface area contributed by atoms with Crippen molar-refractivity contribution in [3.8, 4) is 0 Å². The maximum Gasteiger partial charge on any atom is 0.331 e. The largest absolute Gasteiger partial charge is 0.449 e. The van der Waals surface area contributed by atoms with Crippen LogP contribution in [0.25, 0.3) is 16.3 Å². The first kappa shape index (κ1) is 18.7. The predicted molar refractivity (Wildman–Crippen MR) is 99.2 cm³/mol. The Hall–Kier alpha value is -3.13. The maximum atomic E-state index is 13.6. The smallest absolute Gasteiger partial charge is 0.331 e. The van der Waals surface area contributed by atoms with Crippen molar-refractivity contribution in [3.05, 3.63) is 65.2 Å². The Morgan fingerprint density at radius 1 is 1.22 bits per heavy atom. The zero-order valence-electron chi connectivity index (χ0n) is 14.1. The molecule has 8 heteroatoms. The van der Waals surface area contributed by atoms with E-state index in [0.717, 1.165) is 22.3 Å². The first-order valence-corrected chi connectivity index (χ1v) is 8.74. The molecule has 1 aromatic heterocycles. The van der Waals surface area contributed by atoms with E-state index in [9.17, 15) is 18.4 Å². The number of nitrogens with one attached hydrogen (secondary N) is 1. The molecule has 1 atom stereocenters. The maximum absolute atomic E-state index is 13.6. The topological polar surface area (TPSA) is 68.3 Å². The van der Waals surface area contributed by atoms with Crippen LogP contribution in [0.1, 0.15) is 11.9 Å². The molecule has 0 radical (unpaired) electrons. The van der Waals surface area contributed by atoms with Crippen LogP contribution in [0.15, 0.2) is 48.5 Å². The minimum absolute atomic E-state index is 0.200. The molecule has 138 valence electrons. The number of hydrogen-bond acceptors (Lipinski definition) is 5. The third kappa shape index (κ3) is 4.73. The zero-order chi connectivity index (χ0) is 19.4. The van der Waals surface area contributed by atoms with E-state index in [1.54, 1.807) is 0 Å². The lowest BCUT2D eigenvalue weighted by Crippen LogP contribution is -2.29. The van der Waals surface area contributed by atoms with Crippen molar-refractivity contribution in [2.24, 2.45) is 0 Å². The summed E-state index contributed by atoms with van der Waals surface area (Å²) in [5, 5.41) is 2.87. The van der Waals surface area contributed by atoms with Gasteiger partial charge in [-0.05, 0) is 37.3 Å². The van der Waals surface area contributed by atoms with Crippen molar-refractivity contribution < 1.29 is 23.1 Å². The van der Waals surface area contributed by atoms with Crippen molar-refractivity contribution in [2.45, 2.75) is 13.0 Å². The minimum Gasteiger partial charge on any atom is -0.449 e. The van der Waals surface area contributed by atoms with Gasteiger partial charge in [0.25, 0.3) is 5.91 Å². The van der Waals surface area contributed by atoms with Crippen molar-refractivity contribution in [1.29, 1.82) is 0 Å². The Kier molecular flexibility index (Phi) is 5.56. The Bertz CT molecular complexity index is 1000. The van der Waals surface area contributed by atoms with Gasteiger partial charge in [-0.25, -0.2) is 18.6 Å². The SMILES string of the molecule is C[C@H](OC(=O)/C=C/c1nc2ccccc2s1)C(=O)Nc1ccc(F)cc1F. The Balaban J connectivity index is 1.58. The molecule has 1 heterocycles. The van der Waals surface area contributed by atoms with Gasteiger partial charge in [0.1, 0.15) is 16.6 Å². The van der Waals surface area contributed by atoms with Gasteiger partial charge in [-0.3, -0.25) is 4.79 Å². The number of benzene rings is 2. The quantitative estimate of drug-likeness (QED) is 0.526. The molecule has 0 bridgehead atoms. The molecular formula is C19H14F2N2O3S. The lowest BCUT2D eigenvalue weighted by molar-refractivity contribution is -0.148. The van der Waals surface area contributed by atoms with Crippen LogP contribution >= 0.6 is 11.3 Å². The van der Waals surface area contributed by atoms with Gasteiger partial charge in [-0.1, -0.05) is 12.1 Å². The fourth-order valence-electron chi connectivity index (χ4n) is 2.19. The standard InChI is InChI=1S/C19H14F2N2O3S/c1-11(19(25)23-14-7-6-12(20)10-13(14)21)26-18(24)9-8-17-22-15-4-2-3-5-16(15)27-17/h2-11H,1H3,(H,23,25)/b9-8+/t11-/m0/s1. The van der Waals surface area contributed by atoms with Crippen LogP contribution in [-0.4, -0.2) is 23.0 Å². The van der Waals surface area contributed by atoms with E-state index in [1.807, 2.05) is 24.3 Å². The lowest BCUT2D eigenvalue weighted by Gasteiger charge is -2.12. The van der Waals surface area contributed by atoms with Crippen LogP contribution in [0.5, 0.6) is 0 Å². The summed E-state index contributed by atoms with van der Waals surface area (Å²) >= 11 is 1.41. The van der Waals surface area contributed by atoms with Crippen molar-refractivity contribution in [3.63, 3.8) is 0 Å². The molecule has 2 aromatic carbocycles. The molecule has 0 spiro atoms. The summed E-state index contributed by atoms with van der Waals surface area (Å²) in [5.74, 6) is -3.15. The number of esters is 1. The van der Waals surface area contributed by atoms with Gasteiger partial charge < -0.3 is 10.1 Å². The van der Waals surface area contributed by atoms with E-state index in [-0.39, 0.29) is 5.69 Å². The van der Waals surface area contributed by atoms with Crippen LogP contribution in [-0.2, 0) is 14.3 Å². The molecular weight excluding hydrogens is 374 g/mol. The molecule has 0 unspecified atom stereocenters. The average Bonchev–Trinajstić information content (AvgIpc) is 3.05. The van der Waals surface area contributed by atoms with E-state index in [4.69, 9.17) is 4.74 Å². The molecule has 0 fully saturated rings. The Morgan fingerprint density at radius 3 is 2.74 bits per heavy atom. The number of hydrogen-bond donors (Lipinski definition) is 1. The zero-order valence-corrected chi connectivity index (χ0v) is 14.9. The summed E-state index contributed by atoms with van der Waals surface area (Å²) < 4.78 is 32.4. The van der Waals surface area contributed by atoms with Crippen molar-refractivity contribution in [1.82, 2.24) is 4.98 Å². The number of halogens is 2. The molecule has 27 heavy (non-hydrogen) atoms. The fraction of sp³-hybridized carbons (Fsp3) is 0.105. The molecule has 3 rings (SSSR count). The Labute approximate surface area is 157 Å². The monoisotopic (exact) mass is 388 g/mol. The molecule has 0 aliphatic carbocycles. The number of carbonyl (C=O) groups excluding carboxylic acids is 2. The first-order chi connectivity index (χ1) is 12.9. The number of amides is 1. The second kappa shape index (κ2) is 8.05. The van der Waals surface area contributed by atoms with Crippen molar-refractivity contribution in [2.75, 3.05) is 5.32 Å². The summed E-state index contributed by atoms with van der Waals surface area (Å²) in [5.41, 5.74) is 0.624. The second-order valence-corrected chi connectivity index (χ2v) is 6.61. The second-order valence-electron chi connectivity index (χ2n) is 5.55. The minimum atomic E-state index is -1.16. The molecule has 0 aliphatic heterocycles. The van der Waals surface area contributed by atoms with Gasteiger partial charge in [0.2, 0.25) is 0 Å². The number of fused-ring (bicyclic) bond motifs is 1. The molecule has 5 nitrogen and oxygen atoms in total. The normalized spacial score (nSPS) is 12.3. The third-order valence-corrected chi connectivity index (χ3v) is 4.53. The average molecular weight is 388 g/mol. The summed E-state index contributed by atoms with van der Waals surface area (Å²) in [6.45, 7) is 1.35.